The molecule has 4 heteroatoms. The average molecular weight is 249 g/mol. The number of anilines is 1. The van der Waals surface area contributed by atoms with Crippen LogP contribution in [0.1, 0.15) is 43.6 Å². The van der Waals surface area contributed by atoms with Crippen molar-refractivity contribution in [1.82, 2.24) is 9.88 Å². The number of amides is 1. The van der Waals surface area contributed by atoms with Crippen molar-refractivity contribution in [2.45, 2.75) is 33.1 Å². The Hall–Kier alpha value is -1.58. The van der Waals surface area contributed by atoms with Crippen LogP contribution >= 0.6 is 0 Å². The lowest BCUT2D eigenvalue weighted by molar-refractivity contribution is 0.0787. The van der Waals surface area contributed by atoms with Crippen LogP contribution in [0.2, 0.25) is 0 Å². The van der Waals surface area contributed by atoms with E-state index in [4.69, 9.17) is 0 Å². The van der Waals surface area contributed by atoms with Crippen molar-refractivity contribution >= 4 is 11.6 Å². The Morgan fingerprint density at radius 1 is 1.33 bits per heavy atom. The monoisotopic (exact) mass is 249 g/mol. The number of aromatic nitrogens is 1. The third-order valence-corrected chi connectivity index (χ3v) is 2.81. The van der Waals surface area contributed by atoms with Crippen LogP contribution in [0.4, 0.5) is 5.69 Å². The summed E-state index contributed by atoms with van der Waals surface area (Å²) >= 11 is 0. The summed E-state index contributed by atoms with van der Waals surface area (Å²) in [5, 5.41) is 3.16. The molecule has 18 heavy (non-hydrogen) atoms. The first kappa shape index (κ1) is 14.5. The lowest BCUT2D eigenvalue weighted by Crippen LogP contribution is -2.28. The zero-order valence-electron chi connectivity index (χ0n) is 11.6. The molecule has 0 fully saturated rings. The molecule has 1 aromatic rings. The van der Waals surface area contributed by atoms with Crippen LogP contribution in [0.5, 0.6) is 0 Å². The number of pyridine rings is 1. The fourth-order valence-electron chi connectivity index (χ4n) is 1.73. The minimum absolute atomic E-state index is 0.00542. The van der Waals surface area contributed by atoms with Crippen LogP contribution in [0, 0.1) is 0 Å². The van der Waals surface area contributed by atoms with E-state index in [0.717, 1.165) is 38.0 Å². The van der Waals surface area contributed by atoms with Gasteiger partial charge in [-0.15, -0.1) is 0 Å². The number of carbonyl (C=O) groups excluding carboxylic acids is 1. The lowest BCUT2D eigenvalue weighted by Gasteiger charge is -2.16. The number of nitrogens with zero attached hydrogens (tertiary/aromatic N) is 2. The quantitative estimate of drug-likeness (QED) is 0.756. The maximum absolute atomic E-state index is 12.1. The highest BCUT2D eigenvalue weighted by Gasteiger charge is 2.12. The number of hydrogen-bond donors (Lipinski definition) is 1. The molecular weight excluding hydrogens is 226 g/mol. The van der Waals surface area contributed by atoms with Gasteiger partial charge in [-0.05, 0) is 25.5 Å². The zero-order chi connectivity index (χ0) is 13.4. The van der Waals surface area contributed by atoms with Crippen LogP contribution in [0.15, 0.2) is 18.3 Å². The smallest absolute Gasteiger partial charge is 0.272 e. The first-order chi connectivity index (χ1) is 8.69. The van der Waals surface area contributed by atoms with Gasteiger partial charge in [0, 0.05) is 20.1 Å². The Morgan fingerprint density at radius 3 is 2.67 bits per heavy atom. The predicted molar refractivity (Wildman–Crippen MR) is 74.9 cm³/mol. The molecule has 0 unspecified atom stereocenters. The summed E-state index contributed by atoms with van der Waals surface area (Å²) in [5.41, 5.74) is 1.46. The summed E-state index contributed by atoms with van der Waals surface area (Å²) in [5.74, 6) is -0.00542. The van der Waals surface area contributed by atoms with Gasteiger partial charge in [-0.1, -0.05) is 19.8 Å². The molecule has 1 rings (SSSR count). The largest absolute Gasteiger partial charge is 0.384 e. The molecule has 0 aliphatic heterocycles. The van der Waals surface area contributed by atoms with Gasteiger partial charge in [0.15, 0.2) is 0 Å². The summed E-state index contributed by atoms with van der Waals surface area (Å²) in [6, 6.07) is 3.67. The van der Waals surface area contributed by atoms with Gasteiger partial charge < -0.3 is 10.2 Å². The zero-order valence-corrected chi connectivity index (χ0v) is 11.6. The summed E-state index contributed by atoms with van der Waals surface area (Å²) in [4.78, 5) is 18.0. The molecule has 1 aromatic heterocycles. The van der Waals surface area contributed by atoms with E-state index in [2.05, 4.69) is 17.2 Å². The molecule has 0 bridgehead atoms. The van der Waals surface area contributed by atoms with E-state index in [0.29, 0.717) is 5.69 Å². The van der Waals surface area contributed by atoms with Gasteiger partial charge in [-0.2, -0.15) is 0 Å². The van der Waals surface area contributed by atoms with E-state index < -0.39 is 0 Å². The fourth-order valence-corrected chi connectivity index (χ4v) is 1.73. The van der Waals surface area contributed by atoms with Gasteiger partial charge in [0.25, 0.3) is 5.91 Å². The van der Waals surface area contributed by atoms with Gasteiger partial charge in [0.05, 0.1) is 11.9 Å². The second kappa shape index (κ2) is 7.69. The minimum atomic E-state index is -0.00542. The predicted octanol–water partition coefficient (Wildman–Crippen LogP) is 2.78. The summed E-state index contributed by atoms with van der Waals surface area (Å²) in [6.45, 7) is 5.83. The number of carbonyl (C=O) groups is 1. The van der Waals surface area contributed by atoms with Crippen molar-refractivity contribution in [1.29, 1.82) is 0 Å². The first-order valence-electron chi connectivity index (χ1n) is 6.64. The van der Waals surface area contributed by atoms with Crippen molar-refractivity contribution in [3.8, 4) is 0 Å². The molecule has 1 amide bonds. The molecule has 1 heterocycles. The van der Waals surface area contributed by atoms with Gasteiger partial charge in [0.2, 0.25) is 0 Å². The van der Waals surface area contributed by atoms with E-state index in [1.807, 2.05) is 20.0 Å². The molecule has 0 spiro atoms. The van der Waals surface area contributed by atoms with Crippen molar-refractivity contribution in [2.24, 2.45) is 0 Å². The Labute approximate surface area is 109 Å². The van der Waals surface area contributed by atoms with Crippen molar-refractivity contribution < 1.29 is 4.79 Å². The van der Waals surface area contributed by atoms with Crippen LogP contribution in [0.25, 0.3) is 0 Å². The van der Waals surface area contributed by atoms with Crippen molar-refractivity contribution in [2.75, 3.05) is 25.5 Å². The third kappa shape index (κ3) is 4.35. The van der Waals surface area contributed by atoms with Gasteiger partial charge in [-0.25, -0.2) is 4.98 Å². The SMILES string of the molecule is CCCCCN(C)C(=O)c1ccc(NCC)cn1. The molecule has 0 aromatic carbocycles. The third-order valence-electron chi connectivity index (χ3n) is 2.81. The second-order valence-electron chi connectivity index (χ2n) is 4.40. The molecule has 1 N–H and O–H groups in total. The van der Waals surface area contributed by atoms with Gasteiger partial charge in [0.1, 0.15) is 5.69 Å². The molecule has 0 aliphatic rings. The Kier molecular flexibility index (Phi) is 6.19. The summed E-state index contributed by atoms with van der Waals surface area (Å²) < 4.78 is 0. The molecule has 4 nitrogen and oxygen atoms in total. The molecule has 0 atom stereocenters. The molecule has 0 saturated heterocycles. The van der Waals surface area contributed by atoms with Crippen LogP contribution < -0.4 is 5.32 Å². The highest BCUT2D eigenvalue weighted by Crippen LogP contribution is 2.08. The fraction of sp³-hybridized carbons (Fsp3) is 0.571. The molecule has 0 saturated carbocycles. The first-order valence-corrected chi connectivity index (χ1v) is 6.64. The number of hydrogen-bond acceptors (Lipinski definition) is 3. The van der Waals surface area contributed by atoms with Gasteiger partial charge in [-0.3, -0.25) is 4.79 Å². The second-order valence-corrected chi connectivity index (χ2v) is 4.40. The minimum Gasteiger partial charge on any atom is -0.384 e. The van der Waals surface area contributed by atoms with Crippen LogP contribution in [0.3, 0.4) is 0 Å². The van der Waals surface area contributed by atoms with Crippen LogP contribution in [-0.4, -0.2) is 35.9 Å². The maximum Gasteiger partial charge on any atom is 0.272 e. The Morgan fingerprint density at radius 2 is 2.11 bits per heavy atom. The molecule has 100 valence electrons. The average Bonchev–Trinajstić information content (AvgIpc) is 2.39. The van der Waals surface area contributed by atoms with E-state index in [9.17, 15) is 4.79 Å². The van der Waals surface area contributed by atoms with Crippen molar-refractivity contribution in [3.05, 3.63) is 24.0 Å². The topological polar surface area (TPSA) is 45.2 Å². The summed E-state index contributed by atoms with van der Waals surface area (Å²) in [7, 11) is 1.83. The number of unbranched alkanes of at least 4 members (excludes halogenated alkanes) is 2. The van der Waals surface area contributed by atoms with E-state index in [1.54, 1.807) is 17.2 Å². The standard InChI is InChI=1S/C14H23N3O/c1-4-6-7-10-17(3)14(18)13-9-8-12(11-16-13)15-5-2/h8-9,11,15H,4-7,10H2,1-3H3. The van der Waals surface area contributed by atoms with E-state index >= 15 is 0 Å². The van der Waals surface area contributed by atoms with Crippen molar-refractivity contribution in [3.63, 3.8) is 0 Å². The Bertz CT molecular complexity index is 362. The molecule has 0 aliphatic carbocycles. The summed E-state index contributed by atoms with van der Waals surface area (Å²) in [6.07, 6.45) is 5.08. The van der Waals surface area contributed by atoms with E-state index in [1.165, 1.54) is 0 Å². The van der Waals surface area contributed by atoms with E-state index in [-0.39, 0.29) is 5.91 Å². The molecule has 0 radical (unpaired) electrons. The Balaban J connectivity index is 2.54. The van der Waals surface area contributed by atoms with Crippen LogP contribution in [-0.2, 0) is 0 Å². The lowest BCUT2D eigenvalue weighted by atomic mass is 10.2. The number of rotatable bonds is 7. The normalized spacial score (nSPS) is 10.2. The molecular formula is C14H23N3O. The maximum atomic E-state index is 12.1. The highest BCUT2D eigenvalue weighted by atomic mass is 16.2. The number of nitrogens with one attached hydrogen (secondary N) is 1. The highest BCUT2D eigenvalue weighted by molar-refractivity contribution is 5.92. The van der Waals surface area contributed by atoms with Gasteiger partial charge >= 0.3 is 0 Å².